The molecule has 0 saturated heterocycles. The van der Waals surface area contributed by atoms with Crippen molar-refractivity contribution in [2.45, 2.75) is 31.7 Å². The Bertz CT molecular complexity index is 359. The lowest BCUT2D eigenvalue weighted by atomic mass is 10.0. The molecule has 0 atom stereocenters. The van der Waals surface area contributed by atoms with Crippen LogP contribution in [-0.2, 0) is 6.42 Å². The summed E-state index contributed by atoms with van der Waals surface area (Å²) < 4.78 is 5.48. The number of benzene rings is 1. The van der Waals surface area contributed by atoms with Crippen LogP contribution in [0.25, 0.3) is 0 Å². The molecule has 0 amide bonds. The first kappa shape index (κ1) is 10.3. The van der Waals surface area contributed by atoms with E-state index in [9.17, 15) is 5.11 Å². The van der Waals surface area contributed by atoms with Crippen molar-refractivity contribution in [3.63, 3.8) is 0 Å². The molecule has 82 valence electrons. The van der Waals surface area contributed by atoms with Crippen LogP contribution in [0.15, 0.2) is 18.2 Å². The predicted octanol–water partition coefficient (Wildman–Crippen LogP) is 1.82. The fourth-order valence-corrected chi connectivity index (χ4v) is 1.71. The first-order chi connectivity index (χ1) is 7.14. The molecule has 1 aromatic carbocycles. The van der Waals surface area contributed by atoms with Gasteiger partial charge in [0.2, 0.25) is 0 Å². The number of phenolic OH excluding ortho intramolecular Hbond substituents is 1. The van der Waals surface area contributed by atoms with E-state index in [2.05, 4.69) is 0 Å². The normalized spacial score (nSPS) is 17.5. The Morgan fingerprint density at radius 1 is 1.47 bits per heavy atom. The van der Waals surface area contributed by atoms with Crippen molar-refractivity contribution in [1.82, 2.24) is 0 Å². The van der Waals surface area contributed by atoms with Crippen molar-refractivity contribution < 1.29 is 9.84 Å². The lowest BCUT2D eigenvalue weighted by Crippen LogP contribution is -2.24. The smallest absolute Gasteiger partial charge is 0.126 e. The van der Waals surface area contributed by atoms with E-state index < -0.39 is 0 Å². The van der Waals surface area contributed by atoms with E-state index in [1.807, 2.05) is 13.0 Å². The van der Waals surface area contributed by atoms with Gasteiger partial charge in [-0.2, -0.15) is 0 Å². The second-order valence-electron chi connectivity index (χ2n) is 4.23. The van der Waals surface area contributed by atoms with Gasteiger partial charge in [-0.3, -0.25) is 0 Å². The highest BCUT2D eigenvalue weighted by Crippen LogP contribution is 2.40. The topological polar surface area (TPSA) is 55.5 Å². The molecular weight excluding hydrogens is 190 g/mol. The molecule has 15 heavy (non-hydrogen) atoms. The summed E-state index contributed by atoms with van der Waals surface area (Å²) in [5.74, 6) is 1.05. The molecule has 1 saturated carbocycles. The average Bonchev–Trinajstić information content (AvgIpc) is 2.91. The molecule has 0 unspecified atom stereocenters. The van der Waals surface area contributed by atoms with Gasteiger partial charge in [0.1, 0.15) is 11.5 Å². The summed E-state index contributed by atoms with van der Waals surface area (Å²) in [5.41, 5.74) is 6.79. The molecule has 0 spiro atoms. The third-order valence-corrected chi connectivity index (χ3v) is 2.83. The molecule has 3 N–H and O–H groups in total. The molecule has 1 aliphatic carbocycles. The van der Waals surface area contributed by atoms with E-state index in [0.717, 1.165) is 24.2 Å². The van der Waals surface area contributed by atoms with Crippen molar-refractivity contribution in [2.75, 3.05) is 6.61 Å². The summed E-state index contributed by atoms with van der Waals surface area (Å²) in [6.07, 6.45) is 2.77. The van der Waals surface area contributed by atoms with Crippen LogP contribution in [0.4, 0.5) is 0 Å². The molecule has 0 aliphatic heterocycles. The van der Waals surface area contributed by atoms with Crippen molar-refractivity contribution in [3.05, 3.63) is 23.8 Å². The minimum absolute atomic E-state index is 0.106. The van der Waals surface area contributed by atoms with Gasteiger partial charge >= 0.3 is 0 Å². The van der Waals surface area contributed by atoms with Crippen LogP contribution in [0.1, 0.15) is 25.3 Å². The third kappa shape index (κ3) is 2.23. The molecule has 0 radical (unpaired) electrons. The first-order valence-corrected chi connectivity index (χ1v) is 5.37. The Balaban J connectivity index is 2.25. The molecule has 0 aromatic heterocycles. The number of ether oxygens (including phenoxy) is 1. The van der Waals surface area contributed by atoms with Crippen LogP contribution in [0.5, 0.6) is 11.5 Å². The van der Waals surface area contributed by atoms with Gasteiger partial charge in [-0.1, -0.05) is 6.07 Å². The van der Waals surface area contributed by atoms with Gasteiger partial charge in [0.15, 0.2) is 0 Å². The fourth-order valence-electron chi connectivity index (χ4n) is 1.71. The average molecular weight is 207 g/mol. The quantitative estimate of drug-likeness (QED) is 0.791. The highest BCUT2D eigenvalue weighted by Gasteiger charge is 2.39. The number of aromatic hydroxyl groups is 1. The van der Waals surface area contributed by atoms with E-state index in [-0.39, 0.29) is 11.3 Å². The third-order valence-electron chi connectivity index (χ3n) is 2.83. The van der Waals surface area contributed by atoms with Crippen LogP contribution >= 0.6 is 0 Å². The Labute approximate surface area is 89.9 Å². The zero-order valence-corrected chi connectivity index (χ0v) is 8.99. The van der Waals surface area contributed by atoms with Crippen molar-refractivity contribution in [3.8, 4) is 11.5 Å². The minimum Gasteiger partial charge on any atom is -0.508 e. The molecule has 1 aliphatic rings. The predicted molar refractivity (Wildman–Crippen MR) is 59.1 cm³/mol. The van der Waals surface area contributed by atoms with Crippen LogP contribution in [0.3, 0.4) is 0 Å². The molecule has 0 heterocycles. The maximum absolute atomic E-state index is 9.77. The van der Waals surface area contributed by atoms with E-state index >= 15 is 0 Å². The molecule has 3 nitrogen and oxygen atoms in total. The van der Waals surface area contributed by atoms with Gasteiger partial charge in [0, 0.05) is 11.1 Å². The summed E-state index contributed by atoms with van der Waals surface area (Å²) in [6, 6.07) is 5.35. The SMILES string of the molecule is CCOc1cccc(O)c1CC1(N)CC1. The summed E-state index contributed by atoms with van der Waals surface area (Å²) in [7, 11) is 0. The van der Waals surface area contributed by atoms with E-state index in [0.29, 0.717) is 13.0 Å². The second kappa shape index (κ2) is 3.74. The number of hydrogen-bond donors (Lipinski definition) is 2. The van der Waals surface area contributed by atoms with E-state index in [1.165, 1.54) is 0 Å². The second-order valence-corrected chi connectivity index (χ2v) is 4.23. The van der Waals surface area contributed by atoms with Crippen LogP contribution < -0.4 is 10.5 Å². The van der Waals surface area contributed by atoms with Gasteiger partial charge in [0.25, 0.3) is 0 Å². The lowest BCUT2D eigenvalue weighted by Gasteiger charge is -2.14. The van der Waals surface area contributed by atoms with Crippen LogP contribution in [0, 0.1) is 0 Å². The number of hydrogen-bond acceptors (Lipinski definition) is 3. The zero-order valence-electron chi connectivity index (χ0n) is 8.99. The Kier molecular flexibility index (Phi) is 2.57. The fraction of sp³-hybridized carbons (Fsp3) is 0.500. The molecule has 3 heteroatoms. The molecule has 2 rings (SSSR count). The van der Waals surface area contributed by atoms with Crippen molar-refractivity contribution in [2.24, 2.45) is 5.73 Å². The van der Waals surface area contributed by atoms with E-state index in [4.69, 9.17) is 10.5 Å². The van der Waals surface area contributed by atoms with Crippen molar-refractivity contribution >= 4 is 0 Å². The number of nitrogens with two attached hydrogens (primary N) is 1. The van der Waals surface area contributed by atoms with Crippen LogP contribution in [-0.4, -0.2) is 17.3 Å². The Morgan fingerprint density at radius 3 is 2.80 bits per heavy atom. The molecule has 0 bridgehead atoms. The standard InChI is InChI=1S/C12H17NO2/c1-2-15-11-5-3-4-10(14)9(11)8-12(13)6-7-12/h3-5,14H,2,6-8,13H2,1H3. The molecule has 1 aromatic rings. The Morgan fingerprint density at radius 2 is 2.20 bits per heavy atom. The number of rotatable bonds is 4. The largest absolute Gasteiger partial charge is 0.508 e. The number of phenols is 1. The summed E-state index contributed by atoms with van der Waals surface area (Å²) in [5, 5.41) is 9.77. The molecule has 1 fully saturated rings. The van der Waals surface area contributed by atoms with Crippen molar-refractivity contribution in [1.29, 1.82) is 0 Å². The summed E-state index contributed by atoms with van der Waals surface area (Å²) in [4.78, 5) is 0. The maximum Gasteiger partial charge on any atom is 0.126 e. The van der Waals surface area contributed by atoms with E-state index in [1.54, 1.807) is 12.1 Å². The summed E-state index contributed by atoms with van der Waals surface area (Å²) >= 11 is 0. The van der Waals surface area contributed by atoms with Crippen LogP contribution in [0.2, 0.25) is 0 Å². The minimum atomic E-state index is -0.106. The Hall–Kier alpha value is -1.22. The zero-order chi connectivity index (χ0) is 10.9. The summed E-state index contributed by atoms with van der Waals surface area (Å²) in [6.45, 7) is 2.54. The van der Waals surface area contributed by atoms with Gasteiger partial charge < -0.3 is 15.6 Å². The maximum atomic E-state index is 9.77. The highest BCUT2D eigenvalue weighted by atomic mass is 16.5. The van der Waals surface area contributed by atoms with Gasteiger partial charge in [-0.25, -0.2) is 0 Å². The first-order valence-electron chi connectivity index (χ1n) is 5.37. The van der Waals surface area contributed by atoms with Gasteiger partial charge in [-0.15, -0.1) is 0 Å². The van der Waals surface area contributed by atoms with Gasteiger partial charge in [0.05, 0.1) is 6.61 Å². The van der Waals surface area contributed by atoms with Gasteiger partial charge in [-0.05, 0) is 38.3 Å². The molecular formula is C12H17NO2. The monoisotopic (exact) mass is 207 g/mol. The lowest BCUT2D eigenvalue weighted by molar-refractivity contribution is 0.331. The highest BCUT2D eigenvalue weighted by molar-refractivity contribution is 5.45.